The van der Waals surface area contributed by atoms with E-state index in [1.54, 1.807) is 12.1 Å². The van der Waals surface area contributed by atoms with Crippen LogP contribution in [0, 0.1) is 5.82 Å². The van der Waals surface area contributed by atoms with Crippen LogP contribution in [0.25, 0.3) is 0 Å². The van der Waals surface area contributed by atoms with Gasteiger partial charge in [0.05, 0.1) is 6.54 Å². The number of nitrogens with one attached hydrogen (secondary N) is 1. The molecule has 1 saturated heterocycles. The van der Waals surface area contributed by atoms with Crippen molar-refractivity contribution >= 4 is 28.6 Å². The standard InChI is InChI=1S/C12H11FN2O2S.C2H6/c1-7(16)10-11(17)15-12(18-10)14-6-8-2-4-9(13)5-3-8;1-2/h2-5,10H,6H2,1H3,(H,14,15,17);1-2H3. The number of Topliss-reactive ketones (excluding diaryl/α,β-unsaturated/α-hetero) is 1. The summed E-state index contributed by atoms with van der Waals surface area (Å²) >= 11 is 1.11. The van der Waals surface area contributed by atoms with Crippen molar-refractivity contribution in [2.45, 2.75) is 32.6 Å². The Hall–Kier alpha value is -1.69. The summed E-state index contributed by atoms with van der Waals surface area (Å²) in [6, 6.07) is 5.97. The summed E-state index contributed by atoms with van der Waals surface area (Å²) in [5.41, 5.74) is 0.838. The molecule has 0 aliphatic carbocycles. The summed E-state index contributed by atoms with van der Waals surface area (Å²) in [4.78, 5) is 26.7. The van der Waals surface area contributed by atoms with Crippen LogP contribution in [0.4, 0.5) is 4.39 Å². The van der Waals surface area contributed by atoms with Crippen molar-refractivity contribution < 1.29 is 14.0 Å². The Kier molecular flexibility index (Phi) is 6.38. The molecule has 1 unspecified atom stereocenters. The zero-order valence-electron chi connectivity index (χ0n) is 11.6. The van der Waals surface area contributed by atoms with Crippen molar-refractivity contribution in [1.82, 2.24) is 5.32 Å². The average Bonchev–Trinajstić information content (AvgIpc) is 2.82. The maximum atomic E-state index is 12.7. The Morgan fingerprint density at radius 1 is 1.35 bits per heavy atom. The highest BCUT2D eigenvalue weighted by Crippen LogP contribution is 2.20. The van der Waals surface area contributed by atoms with Gasteiger partial charge in [0.1, 0.15) is 11.1 Å². The Morgan fingerprint density at radius 3 is 2.45 bits per heavy atom. The fourth-order valence-electron chi connectivity index (χ4n) is 1.46. The molecule has 0 aromatic heterocycles. The second kappa shape index (κ2) is 7.79. The molecule has 6 heteroatoms. The normalized spacial score (nSPS) is 19.3. The van der Waals surface area contributed by atoms with E-state index in [1.807, 2.05) is 13.8 Å². The quantitative estimate of drug-likeness (QED) is 0.872. The summed E-state index contributed by atoms with van der Waals surface area (Å²) in [6.45, 7) is 5.72. The first kappa shape index (κ1) is 16.4. The molecule has 1 heterocycles. The van der Waals surface area contributed by atoms with Crippen LogP contribution >= 0.6 is 11.8 Å². The van der Waals surface area contributed by atoms with Crippen molar-refractivity contribution in [3.8, 4) is 0 Å². The molecule has 1 amide bonds. The average molecular weight is 296 g/mol. The number of ketones is 1. The van der Waals surface area contributed by atoms with Gasteiger partial charge < -0.3 is 5.32 Å². The summed E-state index contributed by atoms with van der Waals surface area (Å²) in [6.07, 6.45) is 0. The molecule has 20 heavy (non-hydrogen) atoms. The van der Waals surface area contributed by atoms with Gasteiger partial charge in [-0.1, -0.05) is 37.7 Å². The number of rotatable bonds is 3. The third-order valence-electron chi connectivity index (χ3n) is 2.39. The van der Waals surface area contributed by atoms with E-state index < -0.39 is 5.25 Å². The highest BCUT2D eigenvalue weighted by atomic mass is 32.2. The van der Waals surface area contributed by atoms with E-state index in [-0.39, 0.29) is 17.5 Å². The number of benzene rings is 1. The molecule has 108 valence electrons. The number of aliphatic imine (C=N–C) groups is 1. The van der Waals surface area contributed by atoms with Crippen molar-refractivity contribution in [2.75, 3.05) is 0 Å². The van der Waals surface area contributed by atoms with Gasteiger partial charge in [0.15, 0.2) is 11.0 Å². The molecular weight excluding hydrogens is 279 g/mol. The number of hydrogen-bond acceptors (Lipinski definition) is 4. The number of nitrogens with zero attached hydrogens (tertiary/aromatic N) is 1. The zero-order valence-corrected chi connectivity index (χ0v) is 12.5. The van der Waals surface area contributed by atoms with Gasteiger partial charge in [0, 0.05) is 0 Å². The molecular formula is C14H17FN2O2S. The van der Waals surface area contributed by atoms with E-state index in [9.17, 15) is 14.0 Å². The van der Waals surface area contributed by atoms with Gasteiger partial charge in [-0.25, -0.2) is 4.39 Å². The van der Waals surface area contributed by atoms with Gasteiger partial charge in [-0.05, 0) is 24.6 Å². The SMILES string of the molecule is CC.CC(=O)C1SC(=NCc2ccc(F)cc2)NC1=O. The topological polar surface area (TPSA) is 58.5 Å². The third kappa shape index (κ3) is 4.45. The molecule has 2 rings (SSSR count). The molecule has 1 atom stereocenters. The second-order valence-corrected chi connectivity index (χ2v) is 4.94. The minimum absolute atomic E-state index is 0.190. The molecule has 1 aromatic carbocycles. The van der Waals surface area contributed by atoms with E-state index in [0.717, 1.165) is 17.3 Å². The lowest BCUT2D eigenvalue weighted by Crippen LogP contribution is -2.28. The molecule has 0 bridgehead atoms. The highest BCUT2D eigenvalue weighted by Gasteiger charge is 2.33. The van der Waals surface area contributed by atoms with Crippen LogP contribution in [0.2, 0.25) is 0 Å². The fraction of sp³-hybridized carbons (Fsp3) is 0.357. The summed E-state index contributed by atoms with van der Waals surface area (Å²) in [5, 5.41) is 2.28. The molecule has 1 fully saturated rings. The number of thioether (sulfide) groups is 1. The number of amides is 1. The second-order valence-electron chi connectivity index (χ2n) is 3.85. The van der Waals surface area contributed by atoms with Crippen molar-refractivity contribution in [3.63, 3.8) is 0 Å². The third-order valence-corrected chi connectivity index (χ3v) is 3.62. The van der Waals surface area contributed by atoms with Gasteiger partial charge >= 0.3 is 0 Å². The van der Waals surface area contributed by atoms with Crippen molar-refractivity contribution in [3.05, 3.63) is 35.6 Å². The lowest BCUT2D eigenvalue weighted by molar-refractivity contribution is -0.125. The fourth-order valence-corrected chi connectivity index (χ4v) is 2.32. The summed E-state index contributed by atoms with van der Waals surface area (Å²) in [7, 11) is 0. The number of carbonyl (C=O) groups is 2. The monoisotopic (exact) mass is 296 g/mol. The first-order valence-electron chi connectivity index (χ1n) is 6.33. The van der Waals surface area contributed by atoms with Crippen LogP contribution in [0.3, 0.4) is 0 Å². The summed E-state index contributed by atoms with van der Waals surface area (Å²) < 4.78 is 12.7. The van der Waals surface area contributed by atoms with Crippen LogP contribution in [-0.2, 0) is 16.1 Å². The molecule has 1 N–H and O–H groups in total. The Morgan fingerprint density at radius 2 is 1.95 bits per heavy atom. The maximum Gasteiger partial charge on any atom is 0.247 e. The molecule has 0 radical (unpaired) electrons. The van der Waals surface area contributed by atoms with E-state index in [1.165, 1.54) is 19.1 Å². The Labute approximate surface area is 121 Å². The maximum absolute atomic E-state index is 12.7. The lowest BCUT2D eigenvalue weighted by Gasteiger charge is -1.98. The van der Waals surface area contributed by atoms with Crippen LogP contribution < -0.4 is 5.32 Å². The zero-order chi connectivity index (χ0) is 15.1. The van der Waals surface area contributed by atoms with Gasteiger partial charge in [-0.15, -0.1) is 0 Å². The van der Waals surface area contributed by atoms with Crippen molar-refractivity contribution in [1.29, 1.82) is 0 Å². The van der Waals surface area contributed by atoms with Gasteiger partial charge in [0.2, 0.25) is 5.91 Å². The van der Waals surface area contributed by atoms with E-state index >= 15 is 0 Å². The van der Waals surface area contributed by atoms with Crippen LogP contribution in [0.1, 0.15) is 26.3 Å². The number of halogens is 1. The van der Waals surface area contributed by atoms with Crippen LogP contribution in [-0.4, -0.2) is 22.1 Å². The van der Waals surface area contributed by atoms with Gasteiger partial charge in [0.25, 0.3) is 0 Å². The lowest BCUT2D eigenvalue weighted by atomic mass is 10.2. The minimum atomic E-state index is -0.697. The largest absolute Gasteiger partial charge is 0.304 e. The highest BCUT2D eigenvalue weighted by molar-refractivity contribution is 8.16. The number of carbonyl (C=O) groups excluding carboxylic acids is 2. The minimum Gasteiger partial charge on any atom is -0.304 e. The molecule has 1 aliphatic rings. The van der Waals surface area contributed by atoms with Gasteiger partial charge in [-0.2, -0.15) is 0 Å². The Bertz CT molecular complexity index is 514. The van der Waals surface area contributed by atoms with E-state index in [2.05, 4.69) is 10.3 Å². The van der Waals surface area contributed by atoms with Gasteiger partial charge in [-0.3, -0.25) is 14.6 Å². The first-order valence-corrected chi connectivity index (χ1v) is 7.21. The van der Waals surface area contributed by atoms with Crippen molar-refractivity contribution in [2.24, 2.45) is 4.99 Å². The predicted octanol–water partition coefficient (Wildman–Crippen LogP) is 2.53. The predicted molar refractivity (Wildman–Crippen MR) is 79.1 cm³/mol. The summed E-state index contributed by atoms with van der Waals surface area (Å²) in [5.74, 6) is -0.818. The molecule has 0 spiro atoms. The molecule has 0 saturated carbocycles. The van der Waals surface area contributed by atoms with Crippen LogP contribution in [0.5, 0.6) is 0 Å². The molecule has 1 aliphatic heterocycles. The van der Waals surface area contributed by atoms with E-state index in [4.69, 9.17) is 0 Å². The number of hydrogen-bond donors (Lipinski definition) is 1. The first-order chi connectivity index (χ1) is 9.56. The number of amidine groups is 1. The molecule has 4 nitrogen and oxygen atoms in total. The Balaban J connectivity index is 0.000000956. The van der Waals surface area contributed by atoms with Crippen LogP contribution in [0.15, 0.2) is 29.3 Å². The molecule has 1 aromatic rings. The smallest absolute Gasteiger partial charge is 0.247 e. The van der Waals surface area contributed by atoms with E-state index in [0.29, 0.717) is 11.7 Å².